The van der Waals surface area contributed by atoms with E-state index in [1.54, 1.807) is 19.1 Å². The van der Waals surface area contributed by atoms with Crippen LogP contribution >= 0.6 is 0 Å². The molecule has 2 heterocycles. The van der Waals surface area contributed by atoms with Crippen LogP contribution in [0.4, 0.5) is 8.78 Å². The predicted molar refractivity (Wildman–Crippen MR) is 74.2 cm³/mol. The minimum atomic E-state index is -2.66. The van der Waals surface area contributed by atoms with Gasteiger partial charge in [-0.2, -0.15) is 0 Å². The quantitative estimate of drug-likeness (QED) is 0.888. The number of aromatic nitrogens is 2. The summed E-state index contributed by atoms with van der Waals surface area (Å²) in [5.74, 6) is -0.357. The molecule has 1 N–H and O–H groups in total. The third-order valence-corrected chi connectivity index (χ3v) is 3.04. The summed E-state index contributed by atoms with van der Waals surface area (Å²) in [7, 11) is 1.53. The number of fused-ring (bicyclic) bond motifs is 1. The van der Waals surface area contributed by atoms with Gasteiger partial charge in [-0.25, -0.2) is 13.8 Å². The summed E-state index contributed by atoms with van der Waals surface area (Å²) in [5.41, 5.74) is 0.167. The molecule has 0 aromatic carbocycles. The van der Waals surface area contributed by atoms with Crippen molar-refractivity contribution in [2.24, 2.45) is 0 Å². The van der Waals surface area contributed by atoms with Crippen LogP contribution in [0.15, 0.2) is 24.4 Å². The number of hydrogen-bond donors (Lipinski definition) is 1. The van der Waals surface area contributed by atoms with Gasteiger partial charge in [-0.15, -0.1) is 0 Å². The lowest BCUT2D eigenvalue weighted by Gasteiger charge is -2.14. The van der Waals surface area contributed by atoms with Gasteiger partial charge in [0.25, 0.3) is 6.43 Å². The fraction of sp³-hybridized carbons (Fsp3) is 0.429. The van der Waals surface area contributed by atoms with Gasteiger partial charge in [0.1, 0.15) is 12.2 Å². The summed E-state index contributed by atoms with van der Waals surface area (Å²) in [6.45, 7) is 1.94. The average Bonchev–Trinajstić information content (AvgIpc) is 2.78. The second-order valence-electron chi connectivity index (χ2n) is 4.80. The van der Waals surface area contributed by atoms with Crippen molar-refractivity contribution in [2.45, 2.75) is 25.9 Å². The van der Waals surface area contributed by atoms with Crippen LogP contribution < -0.4 is 5.32 Å². The normalized spacial score (nSPS) is 12.8. The summed E-state index contributed by atoms with van der Waals surface area (Å²) in [6, 6.07) is 4.53. The number of rotatable bonds is 6. The van der Waals surface area contributed by atoms with E-state index in [1.807, 2.05) is 0 Å². The molecule has 7 heteroatoms. The molecule has 0 radical (unpaired) electrons. The standard InChI is InChI=1S/C14H17F2N3O2/c1-9(8-21-2)18-12(20)7-19-11(13(15)16)6-10-4-3-5-17-14(10)19/h3-6,9,13H,7-8H2,1-2H3,(H,18,20). The minimum Gasteiger partial charge on any atom is -0.383 e. The molecular weight excluding hydrogens is 280 g/mol. The first-order valence-electron chi connectivity index (χ1n) is 6.53. The third-order valence-electron chi connectivity index (χ3n) is 3.04. The van der Waals surface area contributed by atoms with Crippen molar-refractivity contribution < 1.29 is 18.3 Å². The zero-order valence-electron chi connectivity index (χ0n) is 11.8. The van der Waals surface area contributed by atoms with E-state index in [4.69, 9.17) is 4.74 Å². The molecule has 21 heavy (non-hydrogen) atoms. The Morgan fingerprint density at radius 3 is 2.95 bits per heavy atom. The Morgan fingerprint density at radius 2 is 2.29 bits per heavy atom. The predicted octanol–water partition coefficient (Wildman–Crippen LogP) is 2.12. The van der Waals surface area contributed by atoms with Crippen LogP contribution in [0.5, 0.6) is 0 Å². The Morgan fingerprint density at radius 1 is 1.52 bits per heavy atom. The van der Waals surface area contributed by atoms with Crippen molar-refractivity contribution in [3.8, 4) is 0 Å². The molecule has 1 atom stereocenters. The Kier molecular flexibility index (Phi) is 4.85. The number of methoxy groups -OCH3 is 1. The van der Waals surface area contributed by atoms with E-state index in [-0.39, 0.29) is 24.2 Å². The summed E-state index contributed by atoms with van der Waals surface area (Å²) < 4.78 is 32.4. The molecule has 0 fully saturated rings. The van der Waals surface area contributed by atoms with Gasteiger partial charge in [0.05, 0.1) is 12.3 Å². The van der Waals surface area contributed by atoms with Crippen molar-refractivity contribution in [1.82, 2.24) is 14.9 Å². The molecule has 0 aliphatic heterocycles. The number of halogens is 2. The van der Waals surface area contributed by atoms with Crippen LogP contribution in [0.25, 0.3) is 11.0 Å². The summed E-state index contributed by atoms with van der Waals surface area (Å²) in [6.07, 6.45) is -1.15. The first kappa shape index (κ1) is 15.4. The lowest BCUT2D eigenvalue weighted by atomic mass is 10.3. The number of nitrogens with zero attached hydrogens (tertiary/aromatic N) is 2. The molecule has 2 aromatic heterocycles. The van der Waals surface area contributed by atoms with Gasteiger partial charge in [0.2, 0.25) is 5.91 Å². The van der Waals surface area contributed by atoms with Gasteiger partial charge in [-0.3, -0.25) is 4.79 Å². The van der Waals surface area contributed by atoms with Crippen molar-refractivity contribution in [2.75, 3.05) is 13.7 Å². The van der Waals surface area contributed by atoms with Crippen molar-refractivity contribution in [1.29, 1.82) is 0 Å². The van der Waals surface area contributed by atoms with Crippen molar-refractivity contribution in [3.05, 3.63) is 30.1 Å². The molecular formula is C14H17F2N3O2. The number of carbonyl (C=O) groups excluding carboxylic acids is 1. The molecule has 0 saturated carbocycles. The highest BCUT2D eigenvalue weighted by molar-refractivity contribution is 5.82. The molecule has 2 aromatic rings. The molecule has 1 unspecified atom stereocenters. The second kappa shape index (κ2) is 6.62. The molecule has 1 amide bonds. The number of alkyl halides is 2. The van der Waals surface area contributed by atoms with E-state index >= 15 is 0 Å². The van der Waals surface area contributed by atoms with E-state index in [9.17, 15) is 13.6 Å². The molecule has 5 nitrogen and oxygen atoms in total. The highest BCUT2D eigenvalue weighted by Gasteiger charge is 2.19. The van der Waals surface area contributed by atoms with E-state index in [2.05, 4.69) is 10.3 Å². The molecule has 0 aliphatic carbocycles. The van der Waals surface area contributed by atoms with Gasteiger partial charge < -0.3 is 14.6 Å². The van der Waals surface area contributed by atoms with Crippen LogP contribution in [-0.2, 0) is 16.1 Å². The molecule has 0 bridgehead atoms. The fourth-order valence-corrected chi connectivity index (χ4v) is 2.21. The average molecular weight is 297 g/mol. The van der Waals surface area contributed by atoms with Crippen LogP contribution in [0.1, 0.15) is 19.0 Å². The maximum Gasteiger partial charge on any atom is 0.278 e. The zero-order valence-corrected chi connectivity index (χ0v) is 11.8. The van der Waals surface area contributed by atoms with Gasteiger partial charge in [0.15, 0.2) is 0 Å². The monoisotopic (exact) mass is 297 g/mol. The van der Waals surface area contributed by atoms with Crippen LogP contribution in [0.3, 0.4) is 0 Å². The van der Waals surface area contributed by atoms with E-state index in [0.29, 0.717) is 17.6 Å². The second-order valence-corrected chi connectivity index (χ2v) is 4.80. The minimum absolute atomic E-state index is 0.188. The molecule has 2 rings (SSSR count). The molecule has 0 aliphatic rings. The van der Waals surface area contributed by atoms with E-state index in [0.717, 1.165) is 0 Å². The number of amides is 1. The van der Waals surface area contributed by atoms with Crippen LogP contribution in [0, 0.1) is 0 Å². The maximum absolute atomic E-state index is 13.1. The van der Waals surface area contributed by atoms with Gasteiger partial charge in [0, 0.05) is 24.7 Å². The van der Waals surface area contributed by atoms with Crippen LogP contribution in [0.2, 0.25) is 0 Å². The Bertz CT molecular complexity index is 628. The summed E-state index contributed by atoms with van der Waals surface area (Å²) in [5, 5.41) is 3.28. The molecule has 0 saturated heterocycles. The summed E-state index contributed by atoms with van der Waals surface area (Å²) in [4.78, 5) is 16.0. The topological polar surface area (TPSA) is 56.1 Å². The number of nitrogens with one attached hydrogen (secondary N) is 1. The first-order valence-corrected chi connectivity index (χ1v) is 6.53. The highest BCUT2D eigenvalue weighted by Crippen LogP contribution is 2.26. The van der Waals surface area contributed by atoms with Gasteiger partial charge in [-0.05, 0) is 25.1 Å². The highest BCUT2D eigenvalue weighted by atomic mass is 19.3. The molecule has 114 valence electrons. The first-order chi connectivity index (χ1) is 10.0. The lowest BCUT2D eigenvalue weighted by Crippen LogP contribution is -2.37. The van der Waals surface area contributed by atoms with E-state index in [1.165, 1.54) is 23.9 Å². The number of hydrogen-bond acceptors (Lipinski definition) is 3. The molecule has 0 spiro atoms. The van der Waals surface area contributed by atoms with E-state index < -0.39 is 6.43 Å². The smallest absolute Gasteiger partial charge is 0.278 e. The summed E-state index contributed by atoms with van der Waals surface area (Å²) >= 11 is 0. The Labute approximate surface area is 120 Å². The number of carbonyl (C=O) groups is 1. The fourth-order valence-electron chi connectivity index (χ4n) is 2.21. The lowest BCUT2D eigenvalue weighted by molar-refractivity contribution is -0.122. The Hall–Kier alpha value is -2.02. The van der Waals surface area contributed by atoms with Gasteiger partial charge in [-0.1, -0.05) is 0 Å². The number of pyridine rings is 1. The van der Waals surface area contributed by atoms with Crippen molar-refractivity contribution >= 4 is 16.9 Å². The third kappa shape index (κ3) is 3.55. The largest absolute Gasteiger partial charge is 0.383 e. The number of ether oxygens (including phenoxy) is 1. The van der Waals surface area contributed by atoms with Crippen LogP contribution in [-0.4, -0.2) is 35.2 Å². The Balaban J connectivity index is 2.24. The van der Waals surface area contributed by atoms with Gasteiger partial charge >= 0.3 is 0 Å². The zero-order chi connectivity index (χ0) is 15.4. The maximum atomic E-state index is 13.1. The SMILES string of the molecule is COCC(C)NC(=O)Cn1c(C(F)F)cc2cccnc21. The van der Waals surface area contributed by atoms with Crippen molar-refractivity contribution in [3.63, 3.8) is 0 Å².